The maximum absolute atomic E-state index is 12.7. The van der Waals surface area contributed by atoms with Gasteiger partial charge in [-0.2, -0.15) is 0 Å². The number of benzene rings is 2. The quantitative estimate of drug-likeness (QED) is 0.238. The number of halogens is 1. The number of hydrogen-bond acceptors (Lipinski definition) is 2. The number of hydrogen-bond donors (Lipinski definition) is 0. The second-order valence-corrected chi connectivity index (χ2v) is 9.24. The van der Waals surface area contributed by atoms with Gasteiger partial charge in [-0.15, -0.1) is 0 Å². The molecule has 0 aromatic heterocycles. The molecular weight excluding hydrogens is 391 g/mol. The first-order valence-electron chi connectivity index (χ1n) is 6.85. The van der Waals surface area contributed by atoms with E-state index in [4.69, 9.17) is 5.53 Å². The Hall–Kier alpha value is -2.05. The summed E-state index contributed by atoms with van der Waals surface area (Å²) in [7, 11) is 0. The summed E-state index contributed by atoms with van der Waals surface area (Å²) in [5.41, 5.74) is 13.0. The van der Waals surface area contributed by atoms with Crippen molar-refractivity contribution in [2.45, 2.75) is 20.4 Å². The molecule has 112 valence electrons. The van der Waals surface area contributed by atoms with Gasteiger partial charge in [0.1, 0.15) is 0 Å². The Morgan fingerprint density at radius 3 is 2.50 bits per heavy atom. The molecule has 0 saturated carbocycles. The van der Waals surface area contributed by atoms with Crippen molar-refractivity contribution in [2.75, 3.05) is 0 Å². The van der Waals surface area contributed by atoms with Gasteiger partial charge in [0, 0.05) is 0 Å². The molecule has 5 nitrogen and oxygen atoms in total. The van der Waals surface area contributed by atoms with E-state index < -0.39 is 20.4 Å². The predicted octanol–water partition coefficient (Wildman–Crippen LogP) is 4.78. The number of amides is 1. The molecule has 0 radical (unpaired) electrons. The second-order valence-electron chi connectivity index (χ2n) is 5.09. The normalized spacial score (nSPS) is 14.7. The molecule has 0 spiro atoms. The van der Waals surface area contributed by atoms with Crippen LogP contribution in [0.1, 0.15) is 27.0 Å². The first-order chi connectivity index (χ1) is 10.6. The van der Waals surface area contributed by atoms with Gasteiger partial charge >= 0.3 is 137 Å². The molecule has 0 N–H and O–H groups in total. The fraction of sp³-hybridized carbons (Fsp3) is 0.188. The molecule has 0 bridgehead atoms. The number of carbonyl (C=O) groups is 1. The molecule has 6 heteroatoms. The number of rotatable bonds is 3. The zero-order valence-corrected chi connectivity index (χ0v) is 14.5. The third-order valence-corrected chi connectivity index (χ3v) is 8.21. The van der Waals surface area contributed by atoms with E-state index in [1.54, 1.807) is 3.11 Å². The van der Waals surface area contributed by atoms with Gasteiger partial charge in [-0.05, 0) is 0 Å². The van der Waals surface area contributed by atoms with Crippen molar-refractivity contribution >= 4 is 26.3 Å². The van der Waals surface area contributed by atoms with Crippen LogP contribution in [0.5, 0.6) is 0 Å². The Labute approximate surface area is 136 Å². The summed E-state index contributed by atoms with van der Waals surface area (Å²) in [5.74, 6) is -0.0177. The monoisotopic (exact) mass is 406 g/mol. The number of azide groups is 1. The van der Waals surface area contributed by atoms with Gasteiger partial charge in [0.15, 0.2) is 0 Å². The maximum atomic E-state index is 12.7. The van der Waals surface area contributed by atoms with Gasteiger partial charge in [-0.1, -0.05) is 0 Å². The van der Waals surface area contributed by atoms with Crippen molar-refractivity contribution in [3.8, 4) is 0 Å². The fourth-order valence-electron chi connectivity index (χ4n) is 2.57. The fourth-order valence-corrected chi connectivity index (χ4v) is 6.65. The zero-order valence-electron chi connectivity index (χ0n) is 12.3. The van der Waals surface area contributed by atoms with E-state index in [1.807, 2.05) is 56.3 Å². The van der Waals surface area contributed by atoms with Crippen molar-refractivity contribution in [1.82, 2.24) is 3.11 Å². The van der Waals surface area contributed by atoms with E-state index in [1.165, 1.54) is 0 Å². The number of fused-ring (bicyclic) bond motifs is 1. The summed E-state index contributed by atoms with van der Waals surface area (Å²) in [5, 5.41) is 0. The van der Waals surface area contributed by atoms with Gasteiger partial charge in [0.2, 0.25) is 0 Å². The molecule has 0 unspecified atom stereocenters. The summed E-state index contributed by atoms with van der Waals surface area (Å²) in [4.78, 5) is 15.7. The van der Waals surface area contributed by atoms with Crippen molar-refractivity contribution in [3.63, 3.8) is 0 Å². The third kappa shape index (κ3) is 2.44. The van der Waals surface area contributed by atoms with E-state index in [2.05, 4.69) is 8.24 Å². The van der Waals surface area contributed by atoms with Gasteiger partial charge in [0.05, 0.1) is 0 Å². The SMILES string of the molecule is Cc1cccc(C)c1CN1C(=O)c2ccccc2I1N=[N+]=[N-]. The Morgan fingerprint density at radius 1 is 1.14 bits per heavy atom. The summed E-state index contributed by atoms with van der Waals surface area (Å²) in [6, 6.07) is 13.6. The third-order valence-electron chi connectivity index (χ3n) is 3.75. The standard InChI is InChI=1S/C16H15IN4O/c1-11-6-5-7-12(2)14(11)10-21-16(22)13-8-3-4-9-15(13)17(21)19-20-18/h3-9H,10H2,1-2H3. The van der Waals surface area contributed by atoms with Crippen molar-refractivity contribution in [3.05, 3.63) is 78.7 Å². The average molecular weight is 406 g/mol. The van der Waals surface area contributed by atoms with Gasteiger partial charge in [0.25, 0.3) is 0 Å². The molecule has 0 atom stereocenters. The molecule has 3 rings (SSSR count). The van der Waals surface area contributed by atoms with Crippen molar-refractivity contribution in [2.24, 2.45) is 3.33 Å². The van der Waals surface area contributed by atoms with Crippen LogP contribution in [0.25, 0.3) is 10.4 Å². The molecule has 2 aromatic rings. The molecule has 1 heterocycles. The summed E-state index contributed by atoms with van der Waals surface area (Å²) >= 11 is -2.37. The minimum absolute atomic E-state index is 0.0177. The zero-order chi connectivity index (χ0) is 15.7. The summed E-state index contributed by atoms with van der Waals surface area (Å²) in [6.07, 6.45) is 0. The van der Waals surface area contributed by atoms with Crippen LogP contribution >= 0.6 is 20.4 Å². The Kier molecular flexibility index (Phi) is 4.04. The molecule has 0 fully saturated rings. The van der Waals surface area contributed by atoms with Gasteiger partial charge in [-0.3, -0.25) is 0 Å². The number of nitrogens with zero attached hydrogens (tertiary/aromatic N) is 4. The van der Waals surface area contributed by atoms with Gasteiger partial charge < -0.3 is 0 Å². The molecule has 2 aromatic carbocycles. The Balaban J connectivity index is 2.04. The van der Waals surface area contributed by atoms with E-state index >= 15 is 0 Å². The number of aryl methyl sites for hydroxylation is 2. The van der Waals surface area contributed by atoms with Crippen LogP contribution in [-0.2, 0) is 6.54 Å². The van der Waals surface area contributed by atoms with E-state index in [9.17, 15) is 4.79 Å². The van der Waals surface area contributed by atoms with E-state index in [0.29, 0.717) is 12.1 Å². The molecule has 1 amide bonds. The van der Waals surface area contributed by atoms with Crippen molar-refractivity contribution < 1.29 is 4.79 Å². The van der Waals surface area contributed by atoms with Crippen LogP contribution in [0, 0.1) is 17.4 Å². The van der Waals surface area contributed by atoms with E-state index in [0.717, 1.165) is 20.3 Å². The molecule has 22 heavy (non-hydrogen) atoms. The van der Waals surface area contributed by atoms with Crippen LogP contribution < -0.4 is 0 Å². The molecular formula is C16H15IN4O. The van der Waals surface area contributed by atoms with Crippen LogP contribution in [0.15, 0.2) is 45.8 Å². The van der Waals surface area contributed by atoms with E-state index in [-0.39, 0.29) is 5.91 Å². The topological polar surface area (TPSA) is 69.1 Å². The predicted molar refractivity (Wildman–Crippen MR) is 94.1 cm³/mol. The van der Waals surface area contributed by atoms with Crippen molar-refractivity contribution in [1.29, 1.82) is 0 Å². The number of carbonyl (C=O) groups excluding carboxylic acids is 1. The molecule has 1 aliphatic rings. The Morgan fingerprint density at radius 2 is 1.82 bits per heavy atom. The molecule has 1 aliphatic heterocycles. The summed E-state index contributed by atoms with van der Waals surface area (Å²) < 4.78 is 6.72. The second kappa shape index (κ2) is 5.98. The van der Waals surface area contributed by atoms with Crippen LogP contribution in [0.2, 0.25) is 0 Å². The first kappa shape index (κ1) is 14.9. The first-order valence-corrected chi connectivity index (χ1v) is 9.85. The average Bonchev–Trinajstić information content (AvgIpc) is 2.77. The minimum atomic E-state index is -2.37. The molecule has 0 aliphatic carbocycles. The van der Waals surface area contributed by atoms with Gasteiger partial charge in [-0.25, -0.2) is 0 Å². The van der Waals surface area contributed by atoms with Crippen LogP contribution in [0.3, 0.4) is 0 Å². The van der Waals surface area contributed by atoms with Crippen LogP contribution in [0.4, 0.5) is 0 Å². The van der Waals surface area contributed by atoms with Crippen LogP contribution in [-0.4, -0.2) is 9.02 Å². The Bertz CT molecular complexity index is 778. The molecule has 0 saturated heterocycles. The summed E-state index contributed by atoms with van der Waals surface area (Å²) in [6.45, 7) is 4.60.